The first-order valence-electron chi connectivity index (χ1n) is 8.04. The molecule has 0 radical (unpaired) electrons. The second-order valence-corrected chi connectivity index (χ2v) is 6.78. The van der Waals surface area contributed by atoms with E-state index in [0.717, 1.165) is 11.4 Å². The van der Waals surface area contributed by atoms with Gasteiger partial charge in [0.1, 0.15) is 5.75 Å². The Hall–Kier alpha value is -2.83. The minimum absolute atomic E-state index is 0.239. The van der Waals surface area contributed by atoms with Gasteiger partial charge in [-0.15, -0.1) is 0 Å². The number of hydrogen-bond acceptors (Lipinski definition) is 4. The van der Waals surface area contributed by atoms with Gasteiger partial charge in [0.2, 0.25) is 5.91 Å². The number of methoxy groups -OCH3 is 1. The van der Waals surface area contributed by atoms with Crippen LogP contribution in [0.2, 0.25) is 0 Å². The van der Waals surface area contributed by atoms with Crippen LogP contribution >= 0.6 is 0 Å². The molecular weight excluding hydrogens is 322 g/mol. The molecule has 1 saturated carbocycles. The van der Waals surface area contributed by atoms with Crippen LogP contribution in [0.25, 0.3) is 5.69 Å². The predicted octanol–water partition coefficient (Wildman–Crippen LogP) is 1.85. The van der Waals surface area contributed by atoms with Gasteiger partial charge in [-0.1, -0.05) is 13.8 Å². The Bertz CT molecular complexity index is 795. The zero-order chi connectivity index (χ0) is 18.2. The van der Waals surface area contributed by atoms with Crippen LogP contribution in [0.15, 0.2) is 36.5 Å². The molecule has 7 nitrogen and oxygen atoms in total. The zero-order valence-corrected chi connectivity index (χ0v) is 14.4. The molecule has 2 atom stereocenters. The number of nitrogens with one attached hydrogen (secondary N) is 1. The van der Waals surface area contributed by atoms with Gasteiger partial charge in [-0.3, -0.25) is 9.59 Å². The molecule has 0 aliphatic heterocycles. The SMILES string of the molecule is COc1ccc(-n2ccc(CNC(=O)[C@@H]3[C@H](C(=O)O)C3(C)C)n2)cc1. The molecule has 2 aromatic rings. The molecule has 0 unspecified atom stereocenters. The topological polar surface area (TPSA) is 93.5 Å². The Balaban J connectivity index is 1.60. The van der Waals surface area contributed by atoms with Gasteiger partial charge in [0.25, 0.3) is 0 Å². The average molecular weight is 343 g/mol. The van der Waals surface area contributed by atoms with Crippen LogP contribution in [0, 0.1) is 17.3 Å². The molecule has 0 bridgehead atoms. The third kappa shape index (κ3) is 3.22. The highest BCUT2D eigenvalue weighted by molar-refractivity contribution is 5.91. The number of ether oxygens (including phenoxy) is 1. The molecule has 1 fully saturated rings. The number of amides is 1. The quantitative estimate of drug-likeness (QED) is 0.835. The number of nitrogens with zero attached hydrogens (tertiary/aromatic N) is 2. The highest BCUT2D eigenvalue weighted by atomic mass is 16.5. The second kappa shape index (κ2) is 6.23. The molecule has 1 aromatic heterocycles. The summed E-state index contributed by atoms with van der Waals surface area (Å²) in [6, 6.07) is 9.29. The van der Waals surface area contributed by atoms with E-state index < -0.39 is 23.2 Å². The van der Waals surface area contributed by atoms with Gasteiger partial charge in [-0.2, -0.15) is 5.10 Å². The second-order valence-electron chi connectivity index (χ2n) is 6.78. The summed E-state index contributed by atoms with van der Waals surface area (Å²) in [6.07, 6.45) is 1.81. The van der Waals surface area contributed by atoms with E-state index in [9.17, 15) is 9.59 Å². The summed E-state index contributed by atoms with van der Waals surface area (Å²) < 4.78 is 6.84. The monoisotopic (exact) mass is 343 g/mol. The molecule has 1 heterocycles. The van der Waals surface area contributed by atoms with Crippen molar-refractivity contribution in [3.8, 4) is 11.4 Å². The maximum absolute atomic E-state index is 12.2. The van der Waals surface area contributed by atoms with Crippen LogP contribution in [-0.4, -0.2) is 33.9 Å². The molecule has 7 heteroatoms. The van der Waals surface area contributed by atoms with E-state index >= 15 is 0 Å². The van der Waals surface area contributed by atoms with Crippen molar-refractivity contribution in [2.24, 2.45) is 17.3 Å². The van der Waals surface area contributed by atoms with Crippen LogP contribution in [-0.2, 0) is 16.1 Å². The fraction of sp³-hybridized carbons (Fsp3) is 0.389. The number of carboxylic acids is 1. The van der Waals surface area contributed by atoms with E-state index in [1.807, 2.05) is 36.5 Å². The van der Waals surface area contributed by atoms with E-state index in [1.165, 1.54) is 0 Å². The van der Waals surface area contributed by atoms with Crippen molar-refractivity contribution < 1.29 is 19.4 Å². The van der Waals surface area contributed by atoms with Gasteiger partial charge < -0.3 is 15.2 Å². The van der Waals surface area contributed by atoms with Crippen molar-refractivity contribution >= 4 is 11.9 Å². The van der Waals surface area contributed by atoms with Gasteiger partial charge in [0.15, 0.2) is 0 Å². The van der Waals surface area contributed by atoms with Gasteiger partial charge in [-0.05, 0) is 35.7 Å². The lowest BCUT2D eigenvalue weighted by Crippen LogP contribution is -2.27. The van der Waals surface area contributed by atoms with Crippen molar-refractivity contribution in [3.63, 3.8) is 0 Å². The summed E-state index contributed by atoms with van der Waals surface area (Å²) in [7, 11) is 1.61. The third-order valence-corrected chi connectivity index (χ3v) is 4.80. The van der Waals surface area contributed by atoms with Crippen LogP contribution in [0.1, 0.15) is 19.5 Å². The summed E-state index contributed by atoms with van der Waals surface area (Å²) in [5.41, 5.74) is 1.08. The number of aromatic nitrogens is 2. The van der Waals surface area contributed by atoms with Gasteiger partial charge >= 0.3 is 5.97 Å². The fourth-order valence-corrected chi connectivity index (χ4v) is 3.21. The first-order valence-corrected chi connectivity index (χ1v) is 8.04. The first-order chi connectivity index (χ1) is 11.8. The van der Waals surface area contributed by atoms with E-state index in [4.69, 9.17) is 9.84 Å². The predicted molar refractivity (Wildman–Crippen MR) is 90.4 cm³/mol. The lowest BCUT2D eigenvalue weighted by Gasteiger charge is -2.05. The molecule has 25 heavy (non-hydrogen) atoms. The molecule has 0 spiro atoms. The Morgan fingerprint density at radius 1 is 1.24 bits per heavy atom. The Morgan fingerprint density at radius 3 is 2.48 bits per heavy atom. The lowest BCUT2D eigenvalue weighted by atomic mass is 10.1. The first kappa shape index (κ1) is 17.0. The Morgan fingerprint density at radius 2 is 1.92 bits per heavy atom. The maximum Gasteiger partial charge on any atom is 0.307 e. The highest BCUT2D eigenvalue weighted by Crippen LogP contribution is 2.58. The minimum atomic E-state index is -0.922. The van der Waals surface area contributed by atoms with E-state index in [2.05, 4.69) is 10.4 Å². The molecule has 0 saturated heterocycles. The molecule has 2 N–H and O–H groups in total. The number of aliphatic carboxylic acids is 1. The molecule has 1 aliphatic carbocycles. The number of hydrogen-bond donors (Lipinski definition) is 2. The summed E-state index contributed by atoms with van der Waals surface area (Å²) >= 11 is 0. The summed E-state index contributed by atoms with van der Waals surface area (Å²) in [5.74, 6) is -1.51. The third-order valence-electron chi connectivity index (χ3n) is 4.80. The fourth-order valence-electron chi connectivity index (χ4n) is 3.21. The Labute approximate surface area is 145 Å². The van der Waals surface area contributed by atoms with Gasteiger partial charge in [0.05, 0.1) is 36.9 Å². The highest BCUT2D eigenvalue weighted by Gasteiger charge is 2.65. The van der Waals surface area contributed by atoms with Crippen molar-refractivity contribution in [1.29, 1.82) is 0 Å². The number of carbonyl (C=O) groups excluding carboxylic acids is 1. The standard InChI is InChI=1S/C18H21N3O4/c1-18(2)14(15(18)17(23)24)16(22)19-10-11-8-9-21(20-11)12-4-6-13(25-3)7-5-12/h4-9,14-15H,10H2,1-3H3,(H,19,22)(H,23,24)/t14-,15+/m0/s1. The van der Waals surface area contributed by atoms with Crippen molar-refractivity contribution in [2.45, 2.75) is 20.4 Å². The average Bonchev–Trinajstić information content (AvgIpc) is 2.94. The molecule has 1 aliphatic rings. The number of carboxylic acid groups (broad SMARTS) is 1. The molecule has 3 rings (SSSR count). The van der Waals surface area contributed by atoms with Crippen LogP contribution < -0.4 is 10.1 Å². The minimum Gasteiger partial charge on any atom is -0.497 e. The van der Waals surface area contributed by atoms with Crippen molar-refractivity contribution in [2.75, 3.05) is 7.11 Å². The van der Waals surface area contributed by atoms with E-state index in [0.29, 0.717) is 5.69 Å². The van der Waals surface area contributed by atoms with Crippen LogP contribution in [0.3, 0.4) is 0 Å². The summed E-state index contributed by atoms with van der Waals surface area (Å²) in [4.78, 5) is 23.4. The lowest BCUT2D eigenvalue weighted by molar-refractivity contribution is -0.140. The van der Waals surface area contributed by atoms with Gasteiger partial charge in [0, 0.05) is 6.20 Å². The van der Waals surface area contributed by atoms with Gasteiger partial charge in [-0.25, -0.2) is 4.68 Å². The van der Waals surface area contributed by atoms with E-state index in [1.54, 1.807) is 25.6 Å². The summed E-state index contributed by atoms with van der Waals surface area (Å²) in [5, 5.41) is 16.4. The van der Waals surface area contributed by atoms with E-state index in [-0.39, 0.29) is 12.5 Å². The largest absolute Gasteiger partial charge is 0.497 e. The van der Waals surface area contributed by atoms with Crippen molar-refractivity contribution in [3.05, 3.63) is 42.2 Å². The Kier molecular flexibility index (Phi) is 4.24. The molecule has 1 aromatic carbocycles. The smallest absolute Gasteiger partial charge is 0.307 e. The zero-order valence-electron chi connectivity index (χ0n) is 14.4. The molecule has 1 amide bonds. The number of carbonyl (C=O) groups is 2. The number of benzene rings is 1. The van der Waals surface area contributed by atoms with Crippen LogP contribution in [0.4, 0.5) is 0 Å². The molecular formula is C18H21N3O4. The van der Waals surface area contributed by atoms with Crippen LogP contribution in [0.5, 0.6) is 5.75 Å². The maximum atomic E-state index is 12.2. The number of rotatable bonds is 6. The summed E-state index contributed by atoms with van der Waals surface area (Å²) in [6.45, 7) is 3.86. The van der Waals surface area contributed by atoms with Crippen molar-refractivity contribution in [1.82, 2.24) is 15.1 Å². The normalized spacial score (nSPS) is 20.8. The molecule has 132 valence electrons.